The van der Waals surface area contributed by atoms with Gasteiger partial charge in [0.25, 0.3) is 0 Å². The van der Waals surface area contributed by atoms with Crippen molar-refractivity contribution in [3.8, 4) is 0 Å². The van der Waals surface area contributed by atoms with Gasteiger partial charge in [-0.25, -0.2) is 0 Å². The van der Waals surface area contributed by atoms with Gasteiger partial charge in [0.05, 0.1) is 18.8 Å². The van der Waals surface area contributed by atoms with E-state index < -0.39 is 0 Å². The molecule has 0 aliphatic carbocycles. The summed E-state index contributed by atoms with van der Waals surface area (Å²) < 4.78 is 10.6. The average Bonchev–Trinajstić information content (AvgIpc) is 2.96. The number of hydrogen-bond donors (Lipinski definition) is 2. The smallest absolute Gasteiger partial charge is 0.237 e. The van der Waals surface area contributed by atoms with Gasteiger partial charge in [0, 0.05) is 19.8 Å². The number of furan rings is 1. The number of ether oxygens (including phenoxy) is 1. The van der Waals surface area contributed by atoms with E-state index in [1.807, 2.05) is 19.1 Å². The largest absolute Gasteiger partial charge is 0.467 e. The van der Waals surface area contributed by atoms with Gasteiger partial charge in [-0.3, -0.25) is 4.79 Å². The highest BCUT2D eigenvalue weighted by molar-refractivity contribution is 5.81. The molecule has 0 bridgehead atoms. The van der Waals surface area contributed by atoms with Crippen LogP contribution in [-0.4, -0.2) is 31.7 Å². The van der Waals surface area contributed by atoms with Crippen LogP contribution in [0.1, 0.15) is 32.4 Å². The van der Waals surface area contributed by atoms with Gasteiger partial charge in [-0.2, -0.15) is 0 Å². The molecule has 5 heteroatoms. The molecule has 1 amide bonds. The molecule has 1 aliphatic heterocycles. The van der Waals surface area contributed by atoms with Crippen LogP contribution in [0, 0.1) is 5.41 Å². The SMILES string of the molecule is CC(NCC1(C)CCOCC1)C(=O)NCc1ccco1. The molecular weight excluding hydrogens is 256 g/mol. The van der Waals surface area contributed by atoms with E-state index >= 15 is 0 Å². The summed E-state index contributed by atoms with van der Waals surface area (Å²) in [6.45, 7) is 7.04. The van der Waals surface area contributed by atoms with Crippen LogP contribution in [0.5, 0.6) is 0 Å². The lowest BCUT2D eigenvalue weighted by Gasteiger charge is -2.34. The van der Waals surface area contributed by atoms with Crippen LogP contribution in [0.25, 0.3) is 0 Å². The van der Waals surface area contributed by atoms with E-state index in [0.717, 1.165) is 38.4 Å². The van der Waals surface area contributed by atoms with E-state index in [1.165, 1.54) is 0 Å². The van der Waals surface area contributed by atoms with Crippen LogP contribution < -0.4 is 10.6 Å². The van der Waals surface area contributed by atoms with Gasteiger partial charge in [0.2, 0.25) is 5.91 Å². The third-order valence-electron chi connectivity index (χ3n) is 3.95. The van der Waals surface area contributed by atoms with Crippen molar-refractivity contribution in [2.24, 2.45) is 5.41 Å². The monoisotopic (exact) mass is 280 g/mol. The third-order valence-corrected chi connectivity index (χ3v) is 3.95. The van der Waals surface area contributed by atoms with Gasteiger partial charge in [0.1, 0.15) is 5.76 Å². The second-order valence-electron chi connectivity index (χ2n) is 5.82. The topological polar surface area (TPSA) is 63.5 Å². The van der Waals surface area contributed by atoms with Crippen molar-refractivity contribution in [2.45, 2.75) is 39.3 Å². The normalized spacial score (nSPS) is 19.5. The number of carbonyl (C=O) groups excluding carboxylic acids is 1. The molecule has 20 heavy (non-hydrogen) atoms. The Kier molecular flexibility index (Phi) is 5.20. The fourth-order valence-electron chi connectivity index (χ4n) is 2.27. The molecule has 0 spiro atoms. The number of amides is 1. The van der Waals surface area contributed by atoms with Crippen LogP contribution in [0.15, 0.2) is 22.8 Å². The Morgan fingerprint density at radius 1 is 1.45 bits per heavy atom. The summed E-state index contributed by atoms with van der Waals surface area (Å²) in [5.41, 5.74) is 0.230. The Balaban J connectivity index is 1.70. The van der Waals surface area contributed by atoms with Crippen molar-refractivity contribution in [1.82, 2.24) is 10.6 Å². The average molecular weight is 280 g/mol. The van der Waals surface area contributed by atoms with Crippen LogP contribution in [-0.2, 0) is 16.1 Å². The molecular formula is C15H24N2O3. The maximum absolute atomic E-state index is 12.0. The van der Waals surface area contributed by atoms with E-state index in [2.05, 4.69) is 17.6 Å². The van der Waals surface area contributed by atoms with Gasteiger partial charge in [-0.15, -0.1) is 0 Å². The fraction of sp³-hybridized carbons (Fsp3) is 0.667. The maximum atomic E-state index is 12.0. The van der Waals surface area contributed by atoms with Gasteiger partial charge >= 0.3 is 0 Å². The van der Waals surface area contributed by atoms with Crippen LogP contribution >= 0.6 is 0 Å². The minimum Gasteiger partial charge on any atom is -0.467 e. The lowest BCUT2D eigenvalue weighted by Crippen LogP contribution is -2.46. The first-order valence-electron chi connectivity index (χ1n) is 7.20. The highest BCUT2D eigenvalue weighted by Gasteiger charge is 2.28. The molecule has 1 fully saturated rings. The fourth-order valence-corrected chi connectivity index (χ4v) is 2.27. The third kappa shape index (κ3) is 4.35. The minimum atomic E-state index is -0.204. The summed E-state index contributed by atoms with van der Waals surface area (Å²) in [5, 5.41) is 6.19. The molecule has 1 aromatic heterocycles. The Morgan fingerprint density at radius 3 is 2.85 bits per heavy atom. The summed E-state index contributed by atoms with van der Waals surface area (Å²) in [6, 6.07) is 3.46. The summed E-state index contributed by atoms with van der Waals surface area (Å²) in [6.07, 6.45) is 3.69. The van der Waals surface area contributed by atoms with Gasteiger partial charge < -0.3 is 19.8 Å². The van der Waals surface area contributed by atoms with Crippen molar-refractivity contribution in [3.05, 3.63) is 24.2 Å². The van der Waals surface area contributed by atoms with Crippen LogP contribution in [0.2, 0.25) is 0 Å². The minimum absolute atomic E-state index is 0.00272. The Labute approximate surface area is 120 Å². The van der Waals surface area contributed by atoms with E-state index in [9.17, 15) is 4.79 Å². The van der Waals surface area contributed by atoms with Crippen LogP contribution in [0.3, 0.4) is 0 Å². The Hall–Kier alpha value is -1.33. The Morgan fingerprint density at radius 2 is 2.20 bits per heavy atom. The first kappa shape index (κ1) is 15.1. The zero-order chi connectivity index (χ0) is 14.4. The first-order valence-corrected chi connectivity index (χ1v) is 7.20. The van der Waals surface area contributed by atoms with Crippen molar-refractivity contribution in [2.75, 3.05) is 19.8 Å². The Bertz CT molecular complexity index is 411. The molecule has 1 aromatic rings. The predicted octanol–water partition coefficient (Wildman–Crippen LogP) is 1.69. The number of rotatable bonds is 6. The highest BCUT2D eigenvalue weighted by Crippen LogP contribution is 2.28. The molecule has 2 heterocycles. The zero-order valence-corrected chi connectivity index (χ0v) is 12.3. The lowest BCUT2D eigenvalue weighted by molar-refractivity contribution is -0.123. The van der Waals surface area contributed by atoms with Gasteiger partial charge in [-0.1, -0.05) is 6.92 Å². The predicted molar refractivity (Wildman–Crippen MR) is 76.2 cm³/mol. The van der Waals surface area contributed by atoms with E-state index in [0.29, 0.717) is 6.54 Å². The molecule has 1 atom stereocenters. The molecule has 0 saturated carbocycles. The number of nitrogens with one attached hydrogen (secondary N) is 2. The maximum Gasteiger partial charge on any atom is 0.237 e. The molecule has 1 aliphatic rings. The quantitative estimate of drug-likeness (QED) is 0.832. The van der Waals surface area contributed by atoms with Crippen molar-refractivity contribution in [3.63, 3.8) is 0 Å². The molecule has 112 valence electrons. The summed E-state index contributed by atoms with van der Waals surface area (Å²) in [5.74, 6) is 0.763. The first-order chi connectivity index (χ1) is 9.59. The molecule has 0 aromatic carbocycles. The second-order valence-corrected chi connectivity index (χ2v) is 5.82. The lowest BCUT2D eigenvalue weighted by atomic mass is 9.82. The molecule has 1 unspecified atom stereocenters. The second kappa shape index (κ2) is 6.90. The molecule has 2 rings (SSSR count). The zero-order valence-electron chi connectivity index (χ0n) is 12.3. The van der Waals surface area contributed by atoms with E-state index in [-0.39, 0.29) is 17.4 Å². The van der Waals surface area contributed by atoms with Gasteiger partial charge in [-0.05, 0) is 37.3 Å². The highest BCUT2D eigenvalue weighted by atomic mass is 16.5. The van der Waals surface area contributed by atoms with Crippen molar-refractivity contribution < 1.29 is 13.9 Å². The molecule has 2 N–H and O–H groups in total. The molecule has 5 nitrogen and oxygen atoms in total. The molecule has 1 saturated heterocycles. The molecule has 0 radical (unpaired) electrons. The standard InChI is InChI=1S/C15H24N2O3/c1-12(14(18)16-10-13-4-3-7-20-13)17-11-15(2)5-8-19-9-6-15/h3-4,7,12,17H,5-6,8-11H2,1-2H3,(H,16,18). The van der Waals surface area contributed by atoms with Crippen molar-refractivity contribution in [1.29, 1.82) is 0 Å². The van der Waals surface area contributed by atoms with Crippen LogP contribution in [0.4, 0.5) is 0 Å². The summed E-state index contributed by atoms with van der Waals surface area (Å²) in [4.78, 5) is 12.0. The summed E-state index contributed by atoms with van der Waals surface area (Å²) >= 11 is 0. The van der Waals surface area contributed by atoms with E-state index in [1.54, 1.807) is 6.26 Å². The number of hydrogen-bond acceptors (Lipinski definition) is 4. The number of carbonyl (C=O) groups is 1. The van der Waals surface area contributed by atoms with Gasteiger partial charge in [0.15, 0.2) is 0 Å². The summed E-state index contributed by atoms with van der Waals surface area (Å²) in [7, 11) is 0. The van der Waals surface area contributed by atoms with E-state index in [4.69, 9.17) is 9.15 Å². The van der Waals surface area contributed by atoms with Crippen molar-refractivity contribution >= 4 is 5.91 Å².